The monoisotopic (exact) mass is 373 g/mol. The number of carbonyl (C=O) groups is 2. The van der Waals surface area contributed by atoms with Crippen molar-refractivity contribution in [1.82, 2.24) is 15.1 Å². The summed E-state index contributed by atoms with van der Waals surface area (Å²) in [5, 5.41) is 17.2. The number of nitrogens with zero attached hydrogens (tertiary/aromatic N) is 2. The zero-order valence-corrected chi connectivity index (χ0v) is 15.2. The zero-order chi connectivity index (χ0) is 18.7. The van der Waals surface area contributed by atoms with Gasteiger partial charge in [-0.15, -0.1) is 11.3 Å². The second-order valence-electron chi connectivity index (χ2n) is 5.81. The number of carbonyl (C=O) groups excluding carboxylic acids is 1. The van der Waals surface area contributed by atoms with E-state index in [4.69, 9.17) is 4.74 Å². The summed E-state index contributed by atoms with van der Waals surface area (Å²) in [6.07, 6.45) is 0.208. The molecule has 2 heterocycles. The van der Waals surface area contributed by atoms with Gasteiger partial charge in [0.15, 0.2) is 0 Å². The van der Waals surface area contributed by atoms with Crippen molar-refractivity contribution in [2.75, 3.05) is 13.7 Å². The number of aliphatic carboxylic acids is 1. The van der Waals surface area contributed by atoms with Gasteiger partial charge in [0.25, 0.3) is 5.91 Å². The number of aromatic nitrogens is 2. The second kappa shape index (κ2) is 7.67. The van der Waals surface area contributed by atoms with E-state index < -0.39 is 17.9 Å². The molecule has 136 valence electrons. The second-order valence-corrected chi connectivity index (χ2v) is 6.84. The Morgan fingerprint density at radius 1 is 1.35 bits per heavy atom. The molecule has 0 aliphatic rings. The van der Waals surface area contributed by atoms with Crippen molar-refractivity contribution in [3.63, 3.8) is 0 Å². The van der Waals surface area contributed by atoms with Crippen LogP contribution in [0.25, 0.3) is 15.9 Å². The van der Waals surface area contributed by atoms with Crippen LogP contribution in [-0.2, 0) is 9.53 Å². The number of nitrogens with one attached hydrogen (secondary N) is 1. The summed E-state index contributed by atoms with van der Waals surface area (Å²) in [6, 6.07) is 10.4. The van der Waals surface area contributed by atoms with Crippen LogP contribution in [0, 0.1) is 6.92 Å². The van der Waals surface area contributed by atoms with Crippen molar-refractivity contribution in [2.45, 2.75) is 19.4 Å². The maximum Gasteiger partial charge on any atom is 0.326 e. The minimum absolute atomic E-state index is 0.208. The van der Waals surface area contributed by atoms with Crippen molar-refractivity contribution in [3.8, 4) is 5.69 Å². The van der Waals surface area contributed by atoms with Gasteiger partial charge in [0.2, 0.25) is 0 Å². The number of rotatable bonds is 7. The molecule has 0 bridgehead atoms. The van der Waals surface area contributed by atoms with E-state index in [1.807, 2.05) is 37.3 Å². The number of methoxy groups -OCH3 is 1. The standard InChI is InChI=1S/C18H19N3O4S/c1-11-13-10-15(16(22)19-14(18(23)24)8-9-25-2)26-17(13)21(20-11)12-6-4-3-5-7-12/h3-7,10,14H,8-9H2,1-2H3,(H,19,22)(H,23,24). The van der Waals surface area contributed by atoms with Gasteiger partial charge in [-0.05, 0) is 25.1 Å². The lowest BCUT2D eigenvalue weighted by molar-refractivity contribution is -0.139. The Kier molecular flexibility index (Phi) is 5.34. The topological polar surface area (TPSA) is 93.5 Å². The third-order valence-electron chi connectivity index (χ3n) is 3.98. The van der Waals surface area contributed by atoms with Gasteiger partial charge in [0.1, 0.15) is 10.9 Å². The lowest BCUT2D eigenvalue weighted by Crippen LogP contribution is -2.41. The van der Waals surface area contributed by atoms with Crippen molar-refractivity contribution in [2.24, 2.45) is 0 Å². The van der Waals surface area contributed by atoms with Gasteiger partial charge in [0, 0.05) is 25.5 Å². The highest BCUT2D eigenvalue weighted by Crippen LogP contribution is 2.30. The molecule has 0 spiro atoms. The van der Waals surface area contributed by atoms with Crippen molar-refractivity contribution in [1.29, 1.82) is 0 Å². The van der Waals surface area contributed by atoms with Crippen LogP contribution in [0.5, 0.6) is 0 Å². The van der Waals surface area contributed by atoms with E-state index in [1.165, 1.54) is 18.4 Å². The molecular weight excluding hydrogens is 354 g/mol. The van der Waals surface area contributed by atoms with Gasteiger partial charge in [-0.1, -0.05) is 18.2 Å². The van der Waals surface area contributed by atoms with Crippen molar-refractivity contribution >= 4 is 33.4 Å². The predicted octanol–water partition coefficient (Wildman–Crippen LogP) is 2.61. The summed E-state index contributed by atoms with van der Waals surface area (Å²) in [5.41, 5.74) is 1.72. The molecule has 0 aliphatic carbocycles. The van der Waals surface area contributed by atoms with Crippen LogP contribution in [0.3, 0.4) is 0 Å². The minimum Gasteiger partial charge on any atom is -0.480 e. The number of aryl methyl sites for hydroxylation is 1. The van der Waals surface area contributed by atoms with E-state index in [0.29, 0.717) is 4.88 Å². The third kappa shape index (κ3) is 3.61. The number of hydrogen-bond donors (Lipinski definition) is 2. The van der Waals surface area contributed by atoms with Crippen molar-refractivity contribution in [3.05, 3.63) is 47.0 Å². The summed E-state index contributed by atoms with van der Waals surface area (Å²) in [7, 11) is 1.49. The number of ether oxygens (including phenoxy) is 1. The van der Waals surface area contributed by atoms with Gasteiger partial charge < -0.3 is 15.2 Å². The van der Waals surface area contributed by atoms with Crippen LogP contribution in [0.1, 0.15) is 21.8 Å². The Hall–Kier alpha value is -2.71. The molecule has 7 nitrogen and oxygen atoms in total. The summed E-state index contributed by atoms with van der Waals surface area (Å²) < 4.78 is 6.70. The van der Waals surface area contributed by atoms with E-state index in [-0.39, 0.29) is 13.0 Å². The Balaban J connectivity index is 1.89. The number of para-hydroxylation sites is 1. The zero-order valence-electron chi connectivity index (χ0n) is 14.4. The van der Waals surface area contributed by atoms with E-state index in [1.54, 1.807) is 10.7 Å². The van der Waals surface area contributed by atoms with Crippen LogP contribution in [0.4, 0.5) is 0 Å². The maximum atomic E-state index is 12.5. The smallest absolute Gasteiger partial charge is 0.326 e. The fraction of sp³-hybridized carbons (Fsp3) is 0.278. The molecule has 3 aromatic rings. The van der Waals surface area contributed by atoms with E-state index in [0.717, 1.165) is 21.6 Å². The number of benzene rings is 1. The lowest BCUT2D eigenvalue weighted by Gasteiger charge is -2.13. The van der Waals surface area contributed by atoms with Crippen LogP contribution in [-0.4, -0.2) is 46.5 Å². The predicted molar refractivity (Wildman–Crippen MR) is 99.1 cm³/mol. The quantitative estimate of drug-likeness (QED) is 0.664. The fourth-order valence-electron chi connectivity index (χ4n) is 2.63. The normalized spacial score (nSPS) is 12.2. The first-order valence-corrected chi connectivity index (χ1v) is 8.90. The third-order valence-corrected chi connectivity index (χ3v) is 5.09. The van der Waals surface area contributed by atoms with Crippen LogP contribution < -0.4 is 5.32 Å². The van der Waals surface area contributed by atoms with E-state index >= 15 is 0 Å². The SMILES string of the molecule is COCCC(NC(=O)c1cc2c(C)nn(-c3ccccc3)c2s1)C(=O)O. The molecule has 26 heavy (non-hydrogen) atoms. The van der Waals surface area contributed by atoms with Crippen LogP contribution in [0.2, 0.25) is 0 Å². The largest absolute Gasteiger partial charge is 0.480 e. The number of hydrogen-bond acceptors (Lipinski definition) is 5. The first-order valence-electron chi connectivity index (χ1n) is 8.08. The molecule has 2 N–H and O–H groups in total. The molecule has 0 aliphatic heterocycles. The molecule has 0 saturated carbocycles. The number of carboxylic acids is 1. The molecule has 1 unspecified atom stereocenters. The van der Waals surface area contributed by atoms with Gasteiger partial charge >= 0.3 is 5.97 Å². The maximum absolute atomic E-state index is 12.5. The summed E-state index contributed by atoms with van der Waals surface area (Å²) in [4.78, 5) is 25.1. The summed E-state index contributed by atoms with van der Waals surface area (Å²) >= 11 is 1.29. The number of carboxylic acid groups (broad SMARTS) is 1. The molecule has 8 heteroatoms. The number of thiophene rings is 1. The van der Waals surface area contributed by atoms with Crippen LogP contribution >= 0.6 is 11.3 Å². The average Bonchev–Trinajstić information content (AvgIpc) is 3.20. The summed E-state index contributed by atoms with van der Waals surface area (Å²) in [6.45, 7) is 2.14. The summed E-state index contributed by atoms with van der Waals surface area (Å²) in [5.74, 6) is -1.49. The van der Waals surface area contributed by atoms with Gasteiger partial charge in [-0.25, -0.2) is 9.48 Å². The van der Waals surface area contributed by atoms with E-state index in [2.05, 4.69) is 10.4 Å². The first-order chi connectivity index (χ1) is 12.5. The molecule has 1 amide bonds. The van der Waals surface area contributed by atoms with Gasteiger partial charge in [-0.3, -0.25) is 4.79 Å². The molecule has 1 aromatic carbocycles. The van der Waals surface area contributed by atoms with Gasteiger partial charge in [-0.2, -0.15) is 5.10 Å². The molecule has 0 fully saturated rings. The molecule has 2 aromatic heterocycles. The molecule has 3 rings (SSSR count). The average molecular weight is 373 g/mol. The highest BCUT2D eigenvalue weighted by molar-refractivity contribution is 7.20. The molecule has 1 atom stereocenters. The highest BCUT2D eigenvalue weighted by Gasteiger charge is 2.23. The number of amides is 1. The molecular formula is C18H19N3O4S. The highest BCUT2D eigenvalue weighted by atomic mass is 32.1. The Labute approximate surface area is 154 Å². The first kappa shape index (κ1) is 18.1. The van der Waals surface area contributed by atoms with Crippen molar-refractivity contribution < 1.29 is 19.4 Å². The Morgan fingerprint density at radius 2 is 2.08 bits per heavy atom. The fourth-order valence-corrected chi connectivity index (χ4v) is 3.71. The van der Waals surface area contributed by atoms with Crippen LogP contribution in [0.15, 0.2) is 36.4 Å². The minimum atomic E-state index is -1.08. The Bertz CT molecular complexity index is 933. The molecule has 0 saturated heterocycles. The van der Waals surface area contributed by atoms with E-state index in [9.17, 15) is 14.7 Å². The Morgan fingerprint density at radius 3 is 2.73 bits per heavy atom. The lowest BCUT2D eigenvalue weighted by atomic mass is 10.2. The molecule has 0 radical (unpaired) electrons. The number of fused-ring (bicyclic) bond motifs is 1. The van der Waals surface area contributed by atoms with Gasteiger partial charge in [0.05, 0.1) is 16.3 Å².